The molecular formula is C8H7BrN4. The van der Waals surface area contributed by atoms with E-state index in [1.54, 1.807) is 11.0 Å². The molecule has 0 unspecified atom stereocenters. The molecule has 0 atom stereocenters. The smallest absolute Gasteiger partial charge is 0.138 e. The molecule has 2 aromatic rings. The Morgan fingerprint density at radius 1 is 1.38 bits per heavy atom. The lowest BCUT2D eigenvalue weighted by molar-refractivity contribution is 0.880. The second-order valence-corrected chi connectivity index (χ2v) is 3.46. The van der Waals surface area contributed by atoms with Crippen molar-refractivity contribution in [3.05, 3.63) is 35.3 Å². The Kier molecular flexibility index (Phi) is 2.02. The fraction of sp³-hybridized carbons (Fsp3) is 0. The molecule has 1 aromatic carbocycles. The maximum atomic E-state index is 5.77. The van der Waals surface area contributed by atoms with Gasteiger partial charge in [0.1, 0.15) is 12.7 Å². The highest BCUT2D eigenvalue weighted by molar-refractivity contribution is 9.10. The van der Waals surface area contributed by atoms with Crippen LogP contribution in [0, 0.1) is 0 Å². The number of nitrogens with two attached hydrogens (primary N) is 1. The van der Waals surface area contributed by atoms with Crippen LogP contribution < -0.4 is 5.73 Å². The van der Waals surface area contributed by atoms with E-state index in [1.807, 2.05) is 18.2 Å². The summed E-state index contributed by atoms with van der Waals surface area (Å²) in [7, 11) is 0. The van der Waals surface area contributed by atoms with E-state index in [0.717, 1.165) is 10.2 Å². The molecule has 0 saturated carbocycles. The molecule has 66 valence electrons. The van der Waals surface area contributed by atoms with Crippen molar-refractivity contribution in [2.45, 2.75) is 0 Å². The average molecular weight is 239 g/mol. The quantitative estimate of drug-likeness (QED) is 0.769. The Morgan fingerprint density at radius 2 is 2.23 bits per heavy atom. The monoisotopic (exact) mass is 238 g/mol. The Morgan fingerprint density at radius 3 is 2.92 bits per heavy atom. The zero-order valence-electron chi connectivity index (χ0n) is 6.68. The number of halogens is 1. The summed E-state index contributed by atoms with van der Waals surface area (Å²) in [5.41, 5.74) is 7.27. The summed E-state index contributed by atoms with van der Waals surface area (Å²) in [5.74, 6) is 0. The third-order valence-electron chi connectivity index (χ3n) is 1.66. The van der Waals surface area contributed by atoms with Gasteiger partial charge in [-0.15, -0.1) is 0 Å². The highest BCUT2D eigenvalue weighted by Gasteiger charge is 2.02. The first-order chi connectivity index (χ1) is 6.27. The second-order valence-electron chi connectivity index (χ2n) is 2.54. The summed E-state index contributed by atoms with van der Waals surface area (Å²) < 4.78 is 2.59. The number of benzene rings is 1. The Balaban J connectivity index is 2.57. The molecule has 5 heteroatoms. The van der Waals surface area contributed by atoms with Crippen molar-refractivity contribution < 1.29 is 0 Å². The van der Waals surface area contributed by atoms with E-state index in [1.165, 1.54) is 6.33 Å². The van der Waals surface area contributed by atoms with E-state index in [2.05, 4.69) is 26.0 Å². The van der Waals surface area contributed by atoms with Crippen LogP contribution in [0.15, 0.2) is 35.3 Å². The minimum absolute atomic E-state index is 0.675. The van der Waals surface area contributed by atoms with Gasteiger partial charge in [-0.3, -0.25) is 0 Å². The topological polar surface area (TPSA) is 56.7 Å². The van der Waals surface area contributed by atoms with E-state index in [9.17, 15) is 0 Å². The predicted octanol–water partition coefficient (Wildman–Crippen LogP) is 1.61. The van der Waals surface area contributed by atoms with Gasteiger partial charge in [-0.05, 0) is 18.2 Å². The molecule has 0 aliphatic carbocycles. The number of hydrogen-bond donors (Lipinski definition) is 1. The van der Waals surface area contributed by atoms with Crippen LogP contribution in [0.1, 0.15) is 0 Å². The summed E-state index contributed by atoms with van der Waals surface area (Å²) in [5, 5.41) is 3.99. The zero-order valence-corrected chi connectivity index (χ0v) is 8.27. The lowest BCUT2D eigenvalue weighted by Crippen LogP contribution is -1.99. The van der Waals surface area contributed by atoms with Crippen LogP contribution in [0.5, 0.6) is 0 Å². The van der Waals surface area contributed by atoms with Gasteiger partial charge >= 0.3 is 0 Å². The van der Waals surface area contributed by atoms with Gasteiger partial charge in [-0.2, -0.15) is 5.10 Å². The van der Waals surface area contributed by atoms with Crippen LogP contribution in [-0.2, 0) is 0 Å². The minimum atomic E-state index is 0.675. The third-order valence-corrected chi connectivity index (χ3v) is 2.15. The van der Waals surface area contributed by atoms with Crippen molar-refractivity contribution in [3.8, 4) is 5.69 Å². The van der Waals surface area contributed by atoms with Crippen molar-refractivity contribution >= 4 is 21.6 Å². The van der Waals surface area contributed by atoms with E-state index in [4.69, 9.17) is 5.73 Å². The van der Waals surface area contributed by atoms with E-state index in [-0.39, 0.29) is 0 Å². The molecule has 13 heavy (non-hydrogen) atoms. The molecule has 0 saturated heterocycles. The molecule has 0 radical (unpaired) electrons. The normalized spacial score (nSPS) is 10.2. The van der Waals surface area contributed by atoms with Gasteiger partial charge in [0.15, 0.2) is 0 Å². The number of rotatable bonds is 1. The number of nitrogen functional groups attached to an aromatic ring is 1. The van der Waals surface area contributed by atoms with Crippen molar-refractivity contribution in [1.82, 2.24) is 14.8 Å². The van der Waals surface area contributed by atoms with Gasteiger partial charge in [-0.25, -0.2) is 9.67 Å². The van der Waals surface area contributed by atoms with Gasteiger partial charge in [0, 0.05) is 4.47 Å². The molecule has 0 spiro atoms. The van der Waals surface area contributed by atoms with Gasteiger partial charge in [0.25, 0.3) is 0 Å². The highest BCUT2D eigenvalue weighted by atomic mass is 79.9. The van der Waals surface area contributed by atoms with Crippen molar-refractivity contribution in [1.29, 1.82) is 0 Å². The number of hydrogen-bond acceptors (Lipinski definition) is 3. The fourth-order valence-corrected chi connectivity index (χ4v) is 1.40. The Labute approximate surface area is 83.5 Å². The Bertz CT molecular complexity index is 410. The van der Waals surface area contributed by atoms with Gasteiger partial charge in [0.05, 0.1) is 11.4 Å². The molecule has 0 aliphatic rings. The largest absolute Gasteiger partial charge is 0.397 e. The van der Waals surface area contributed by atoms with E-state index < -0.39 is 0 Å². The third kappa shape index (κ3) is 1.55. The van der Waals surface area contributed by atoms with Crippen LogP contribution in [0.2, 0.25) is 0 Å². The van der Waals surface area contributed by atoms with Crippen molar-refractivity contribution in [2.24, 2.45) is 0 Å². The summed E-state index contributed by atoms with van der Waals surface area (Å²) in [6.07, 6.45) is 3.08. The van der Waals surface area contributed by atoms with Gasteiger partial charge < -0.3 is 5.73 Å². The highest BCUT2D eigenvalue weighted by Crippen LogP contribution is 2.20. The predicted molar refractivity (Wildman–Crippen MR) is 53.5 cm³/mol. The molecule has 2 rings (SSSR count). The second kappa shape index (κ2) is 3.18. The lowest BCUT2D eigenvalue weighted by atomic mass is 10.3. The van der Waals surface area contributed by atoms with Crippen molar-refractivity contribution in [3.63, 3.8) is 0 Å². The van der Waals surface area contributed by atoms with E-state index >= 15 is 0 Å². The molecule has 0 aliphatic heterocycles. The molecular weight excluding hydrogens is 232 g/mol. The summed E-state index contributed by atoms with van der Waals surface area (Å²) in [4.78, 5) is 3.85. The maximum Gasteiger partial charge on any atom is 0.138 e. The van der Waals surface area contributed by atoms with Crippen LogP contribution in [0.4, 0.5) is 5.69 Å². The summed E-state index contributed by atoms with van der Waals surface area (Å²) in [6.45, 7) is 0. The molecule has 2 N–H and O–H groups in total. The SMILES string of the molecule is Nc1ccc(Br)cc1-n1cncn1. The molecule has 0 amide bonds. The zero-order chi connectivity index (χ0) is 9.26. The number of nitrogens with zero attached hydrogens (tertiary/aromatic N) is 3. The molecule has 0 fully saturated rings. The molecule has 1 heterocycles. The fourth-order valence-electron chi connectivity index (χ4n) is 1.05. The van der Waals surface area contributed by atoms with Crippen LogP contribution in [0.3, 0.4) is 0 Å². The Hall–Kier alpha value is -1.36. The van der Waals surface area contributed by atoms with Crippen LogP contribution in [-0.4, -0.2) is 14.8 Å². The first kappa shape index (κ1) is 8.25. The number of aromatic nitrogens is 3. The standard InChI is InChI=1S/C8H7BrN4/c9-6-1-2-7(10)8(3-6)13-5-11-4-12-13/h1-5H,10H2. The lowest BCUT2D eigenvalue weighted by Gasteiger charge is -2.04. The maximum absolute atomic E-state index is 5.77. The summed E-state index contributed by atoms with van der Waals surface area (Å²) >= 11 is 3.36. The van der Waals surface area contributed by atoms with Crippen LogP contribution >= 0.6 is 15.9 Å². The van der Waals surface area contributed by atoms with E-state index in [0.29, 0.717) is 5.69 Å². The van der Waals surface area contributed by atoms with Gasteiger partial charge in [-0.1, -0.05) is 15.9 Å². The average Bonchev–Trinajstić information content (AvgIpc) is 2.61. The molecule has 0 bridgehead atoms. The first-order valence-corrected chi connectivity index (χ1v) is 4.47. The number of anilines is 1. The van der Waals surface area contributed by atoms with Crippen LogP contribution in [0.25, 0.3) is 5.69 Å². The molecule has 1 aromatic heterocycles. The first-order valence-electron chi connectivity index (χ1n) is 3.67. The minimum Gasteiger partial charge on any atom is -0.397 e. The van der Waals surface area contributed by atoms with Crippen molar-refractivity contribution in [2.75, 3.05) is 5.73 Å². The molecule has 4 nitrogen and oxygen atoms in total. The summed E-state index contributed by atoms with van der Waals surface area (Å²) in [6, 6.07) is 5.60. The van der Waals surface area contributed by atoms with Gasteiger partial charge in [0.2, 0.25) is 0 Å².